The third kappa shape index (κ3) is 4.74. The van der Waals surface area contributed by atoms with Gasteiger partial charge in [-0.15, -0.1) is 0 Å². The van der Waals surface area contributed by atoms with E-state index in [-0.39, 0.29) is 6.61 Å². The minimum absolute atomic E-state index is 0.219. The number of rotatable bonds is 6. The molecule has 1 aliphatic rings. The zero-order chi connectivity index (χ0) is 19.8. The maximum atomic E-state index is 11.3. The summed E-state index contributed by atoms with van der Waals surface area (Å²) in [7, 11) is 0. The topological polar surface area (TPSA) is 73.6 Å². The van der Waals surface area contributed by atoms with E-state index in [0.717, 1.165) is 16.7 Å². The highest BCUT2D eigenvalue weighted by molar-refractivity contribution is 5.76. The molecule has 1 fully saturated rings. The minimum atomic E-state index is -0.861. The van der Waals surface area contributed by atoms with Gasteiger partial charge in [-0.05, 0) is 11.1 Å². The number of carbonyl (C=O) groups is 1. The number of aliphatic carboxylic acids is 1. The molecule has 3 rings (SSSR count). The van der Waals surface area contributed by atoms with Crippen LogP contribution in [0.4, 0.5) is 0 Å². The van der Waals surface area contributed by atoms with E-state index in [1.54, 1.807) is 0 Å². The van der Waals surface area contributed by atoms with E-state index in [2.05, 4.69) is 6.07 Å². The summed E-state index contributed by atoms with van der Waals surface area (Å²) < 4.78 is 5.24. The Hall–Kier alpha value is -3.20. The molecule has 0 amide bonds. The Morgan fingerprint density at radius 1 is 1.21 bits per heavy atom. The van der Waals surface area contributed by atoms with Gasteiger partial charge in [-0.1, -0.05) is 72.8 Å². The van der Waals surface area contributed by atoms with Gasteiger partial charge in [0.1, 0.15) is 12.1 Å². The van der Waals surface area contributed by atoms with E-state index in [1.807, 2.05) is 77.7 Å². The molecular formula is C23H22N2O3. The Kier molecular flexibility index (Phi) is 6.74. The summed E-state index contributed by atoms with van der Waals surface area (Å²) in [5, 5.41) is 18.9. The molecule has 5 nitrogen and oxygen atoms in total. The molecule has 2 aromatic rings. The van der Waals surface area contributed by atoms with Crippen molar-refractivity contribution >= 4 is 12.0 Å². The maximum absolute atomic E-state index is 11.3. The second-order valence-electron chi connectivity index (χ2n) is 6.46. The third-order valence-corrected chi connectivity index (χ3v) is 4.68. The number of morpholine rings is 1. The lowest BCUT2D eigenvalue weighted by Gasteiger charge is -2.31. The molecule has 28 heavy (non-hydrogen) atoms. The standard InChI is InChI=1S/C23H22N2O3/c24-16-21-19(11-7-12-20(21)18-8-3-1-4-9-18)10-5-2-6-13-25-14-15-28-17-22(25)23(26)27/h1-12,22H,13-15,17H2,(H,26,27)/b6-2-,10-5+/t22-/m0/s1. The molecule has 1 atom stereocenters. The first kappa shape index (κ1) is 19.6. The van der Waals surface area contributed by atoms with Crippen molar-refractivity contribution in [3.05, 3.63) is 77.9 Å². The highest BCUT2D eigenvalue weighted by Crippen LogP contribution is 2.26. The lowest BCUT2D eigenvalue weighted by Crippen LogP contribution is -2.49. The molecule has 1 N–H and O–H groups in total. The van der Waals surface area contributed by atoms with Crippen LogP contribution in [0.1, 0.15) is 11.1 Å². The first-order chi connectivity index (χ1) is 13.7. The van der Waals surface area contributed by atoms with Gasteiger partial charge >= 0.3 is 5.97 Å². The highest BCUT2D eigenvalue weighted by Gasteiger charge is 2.27. The zero-order valence-electron chi connectivity index (χ0n) is 15.5. The zero-order valence-corrected chi connectivity index (χ0v) is 15.5. The number of allylic oxidation sites excluding steroid dienone is 2. The first-order valence-electron chi connectivity index (χ1n) is 9.17. The van der Waals surface area contributed by atoms with Gasteiger partial charge in [0, 0.05) is 18.7 Å². The van der Waals surface area contributed by atoms with Crippen LogP contribution in [0, 0.1) is 11.3 Å². The van der Waals surface area contributed by atoms with Crippen LogP contribution in [-0.2, 0) is 9.53 Å². The predicted octanol–water partition coefficient (Wildman–Crippen LogP) is 3.58. The fourth-order valence-corrected chi connectivity index (χ4v) is 3.21. The van der Waals surface area contributed by atoms with Crippen LogP contribution in [-0.4, -0.2) is 48.3 Å². The number of ether oxygens (including phenoxy) is 1. The van der Waals surface area contributed by atoms with Crippen LogP contribution >= 0.6 is 0 Å². The highest BCUT2D eigenvalue weighted by atomic mass is 16.5. The van der Waals surface area contributed by atoms with Crippen LogP contribution in [0.5, 0.6) is 0 Å². The minimum Gasteiger partial charge on any atom is -0.480 e. The van der Waals surface area contributed by atoms with Crippen LogP contribution in [0.3, 0.4) is 0 Å². The number of carboxylic acid groups (broad SMARTS) is 1. The molecule has 0 saturated carbocycles. The Labute approximate surface area is 164 Å². The van der Waals surface area contributed by atoms with Crippen molar-refractivity contribution in [1.82, 2.24) is 4.90 Å². The molecular weight excluding hydrogens is 352 g/mol. The molecule has 2 aromatic carbocycles. The predicted molar refractivity (Wildman–Crippen MR) is 109 cm³/mol. The molecule has 0 aliphatic carbocycles. The van der Waals surface area contributed by atoms with Gasteiger partial charge in [-0.2, -0.15) is 5.26 Å². The summed E-state index contributed by atoms with van der Waals surface area (Å²) in [6.45, 7) is 1.91. The van der Waals surface area contributed by atoms with Crippen molar-refractivity contribution in [2.24, 2.45) is 0 Å². The average Bonchev–Trinajstić information content (AvgIpc) is 2.74. The van der Waals surface area contributed by atoms with Crippen molar-refractivity contribution in [3.63, 3.8) is 0 Å². The number of carboxylic acids is 1. The molecule has 0 radical (unpaired) electrons. The fourth-order valence-electron chi connectivity index (χ4n) is 3.21. The summed E-state index contributed by atoms with van der Waals surface area (Å²) in [4.78, 5) is 13.1. The van der Waals surface area contributed by atoms with Gasteiger partial charge in [-0.25, -0.2) is 0 Å². The van der Waals surface area contributed by atoms with Gasteiger partial charge in [-0.3, -0.25) is 9.69 Å². The van der Waals surface area contributed by atoms with Gasteiger partial charge in [0.15, 0.2) is 0 Å². The molecule has 5 heteroatoms. The number of hydrogen-bond acceptors (Lipinski definition) is 4. The van der Waals surface area contributed by atoms with Crippen LogP contribution in [0.2, 0.25) is 0 Å². The summed E-state index contributed by atoms with van der Waals surface area (Å²) in [6.07, 6.45) is 7.58. The van der Waals surface area contributed by atoms with E-state index in [4.69, 9.17) is 4.74 Å². The van der Waals surface area contributed by atoms with Gasteiger partial charge < -0.3 is 9.84 Å². The molecule has 0 unspecified atom stereocenters. The Bertz CT molecular complexity index is 913. The SMILES string of the molecule is N#Cc1c(/C=C/C=C\CN2CCOC[C@H]2C(=O)O)cccc1-c1ccccc1. The van der Waals surface area contributed by atoms with E-state index in [1.165, 1.54) is 0 Å². The van der Waals surface area contributed by atoms with Crippen LogP contribution in [0.15, 0.2) is 66.8 Å². The summed E-state index contributed by atoms with van der Waals surface area (Å²) in [6, 6.07) is 17.4. The number of nitriles is 1. The fraction of sp³-hybridized carbons (Fsp3) is 0.217. The van der Waals surface area contributed by atoms with Crippen LogP contribution < -0.4 is 0 Å². The first-order valence-corrected chi connectivity index (χ1v) is 9.17. The monoisotopic (exact) mass is 374 g/mol. The molecule has 0 spiro atoms. The Balaban J connectivity index is 1.70. The van der Waals surface area contributed by atoms with E-state index < -0.39 is 12.0 Å². The molecule has 0 bridgehead atoms. The van der Waals surface area contributed by atoms with E-state index in [9.17, 15) is 15.2 Å². The average molecular weight is 374 g/mol. The molecule has 0 aromatic heterocycles. The van der Waals surface area contributed by atoms with Gasteiger partial charge in [0.05, 0.1) is 18.8 Å². The lowest BCUT2D eigenvalue weighted by molar-refractivity contribution is -0.149. The molecule has 1 heterocycles. The van der Waals surface area contributed by atoms with E-state index in [0.29, 0.717) is 25.3 Å². The summed E-state index contributed by atoms with van der Waals surface area (Å²) in [5.74, 6) is -0.861. The quantitative estimate of drug-likeness (QED) is 0.783. The van der Waals surface area contributed by atoms with E-state index >= 15 is 0 Å². The van der Waals surface area contributed by atoms with Crippen molar-refractivity contribution in [2.75, 3.05) is 26.3 Å². The van der Waals surface area contributed by atoms with Gasteiger partial charge in [0.2, 0.25) is 0 Å². The third-order valence-electron chi connectivity index (χ3n) is 4.68. The van der Waals surface area contributed by atoms with Crippen molar-refractivity contribution in [3.8, 4) is 17.2 Å². The smallest absolute Gasteiger partial charge is 0.323 e. The Morgan fingerprint density at radius 3 is 2.79 bits per heavy atom. The molecule has 142 valence electrons. The maximum Gasteiger partial charge on any atom is 0.323 e. The van der Waals surface area contributed by atoms with Gasteiger partial charge in [0.25, 0.3) is 0 Å². The number of benzene rings is 2. The largest absolute Gasteiger partial charge is 0.480 e. The van der Waals surface area contributed by atoms with Crippen molar-refractivity contribution in [1.29, 1.82) is 5.26 Å². The molecule has 1 aliphatic heterocycles. The van der Waals surface area contributed by atoms with Crippen molar-refractivity contribution < 1.29 is 14.6 Å². The second-order valence-corrected chi connectivity index (χ2v) is 6.46. The normalized spacial score (nSPS) is 17.8. The van der Waals surface area contributed by atoms with Crippen LogP contribution in [0.25, 0.3) is 17.2 Å². The molecule has 1 saturated heterocycles. The number of nitrogens with zero attached hydrogens (tertiary/aromatic N) is 2. The summed E-state index contributed by atoms with van der Waals surface area (Å²) in [5.41, 5.74) is 3.41. The van der Waals surface area contributed by atoms with Crippen molar-refractivity contribution in [2.45, 2.75) is 6.04 Å². The number of hydrogen-bond donors (Lipinski definition) is 1. The second kappa shape index (κ2) is 9.65. The Morgan fingerprint density at radius 2 is 2.04 bits per heavy atom. The lowest BCUT2D eigenvalue weighted by atomic mass is 9.96. The summed E-state index contributed by atoms with van der Waals surface area (Å²) >= 11 is 0.